The number of rotatable bonds is 4. The van der Waals surface area contributed by atoms with Gasteiger partial charge in [0.25, 0.3) is 0 Å². The first kappa shape index (κ1) is 11.5. The third kappa shape index (κ3) is 3.61. The molecule has 3 heteroatoms. The second kappa shape index (κ2) is 5.38. The molecule has 0 fully saturated rings. The van der Waals surface area contributed by atoms with E-state index in [0.29, 0.717) is 0 Å². The molecule has 0 heterocycles. The van der Waals surface area contributed by atoms with Crippen molar-refractivity contribution in [2.24, 2.45) is 0 Å². The molecule has 3 nitrogen and oxygen atoms in total. The van der Waals surface area contributed by atoms with Gasteiger partial charge in [0.2, 0.25) is 0 Å². The van der Waals surface area contributed by atoms with Crippen molar-refractivity contribution in [3.8, 4) is 11.8 Å². The van der Waals surface area contributed by atoms with E-state index in [4.69, 9.17) is 10.00 Å². The summed E-state index contributed by atoms with van der Waals surface area (Å²) in [5, 5.41) is 18.1. The molecule has 1 aromatic rings. The Morgan fingerprint density at radius 3 is 2.80 bits per heavy atom. The van der Waals surface area contributed by atoms with Gasteiger partial charge >= 0.3 is 0 Å². The fraction of sp³-hybridized carbons (Fsp3) is 0.417. The van der Waals surface area contributed by atoms with Crippen molar-refractivity contribution in [2.45, 2.75) is 32.5 Å². The number of ether oxygens (including phenoxy) is 1. The largest absolute Gasteiger partial charge is 0.491 e. The molecule has 0 radical (unpaired) electrons. The molecule has 1 rings (SSSR count). The zero-order valence-electron chi connectivity index (χ0n) is 8.97. The fourth-order valence-electron chi connectivity index (χ4n) is 1.27. The SMILES string of the molecule is CC(C)Oc1cccc(C(O)CC#N)c1. The van der Waals surface area contributed by atoms with E-state index in [1.807, 2.05) is 32.0 Å². The lowest BCUT2D eigenvalue weighted by Crippen LogP contribution is -2.06. The predicted molar refractivity (Wildman–Crippen MR) is 57.4 cm³/mol. The summed E-state index contributed by atoms with van der Waals surface area (Å²) in [5.41, 5.74) is 0.717. The van der Waals surface area contributed by atoms with Crippen LogP contribution in [0.5, 0.6) is 5.75 Å². The lowest BCUT2D eigenvalue weighted by atomic mass is 10.1. The van der Waals surface area contributed by atoms with Crippen molar-refractivity contribution in [1.82, 2.24) is 0 Å². The van der Waals surface area contributed by atoms with Gasteiger partial charge in [0.05, 0.1) is 24.7 Å². The first-order valence-corrected chi connectivity index (χ1v) is 4.95. The molecule has 1 N–H and O–H groups in total. The average molecular weight is 205 g/mol. The smallest absolute Gasteiger partial charge is 0.120 e. The quantitative estimate of drug-likeness (QED) is 0.821. The zero-order chi connectivity index (χ0) is 11.3. The van der Waals surface area contributed by atoms with E-state index in [0.717, 1.165) is 11.3 Å². The van der Waals surface area contributed by atoms with Gasteiger partial charge in [0.1, 0.15) is 5.75 Å². The van der Waals surface area contributed by atoms with Crippen molar-refractivity contribution in [1.29, 1.82) is 5.26 Å². The predicted octanol–water partition coefficient (Wildman–Crippen LogP) is 2.42. The Morgan fingerprint density at radius 1 is 1.47 bits per heavy atom. The second-order valence-corrected chi connectivity index (χ2v) is 3.62. The molecule has 1 unspecified atom stereocenters. The van der Waals surface area contributed by atoms with Gasteiger partial charge in [0, 0.05) is 0 Å². The summed E-state index contributed by atoms with van der Waals surface area (Å²) in [6.07, 6.45) is -0.524. The Bertz CT molecular complexity index is 355. The number of nitriles is 1. The minimum absolute atomic E-state index is 0.102. The first-order chi connectivity index (χ1) is 7.13. The number of aliphatic hydroxyl groups excluding tert-OH is 1. The number of hydrogen-bond acceptors (Lipinski definition) is 3. The van der Waals surface area contributed by atoms with Crippen LogP contribution in [0.4, 0.5) is 0 Å². The van der Waals surface area contributed by atoms with Gasteiger partial charge in [-0.1, -0.05) is 12.1 Å². The third-order valence-corrected chi connectivity index (χ3v) is 1.90. The van der Waals surface area contributed by atoms with Crippen molar-refractivity contribution in [3.63, 3.8) is 0 Å². The topological polar surface area (TPSA) is 53.2 Å². The van der Waals surface area contributed by atoms with Crippen molar-refractivity contribution < 1.29 is 9.84 Å². The summed E-state index contributed by atoms with van der Waals surface area (Å²) in [6.45, 7) is 3.89. The highest BCUT2D eigenvalue weighted by Gasteiger charge is 2.08. The summed E-state index contributed by atoms with van der Waals surface area (Å²) >= 11 is 0. The van der Waals surface area contributed by atoms with Gasteiger partial charge in [-0.2, -0.15) is 5.26 Å². The molecule has 1 aromatic carbocycles. The van der Waals surface area contributed by atoms with E-state index in [1.54, 1.807) is 12.1 Å². The van der Waals surface area contributed by atoms with Crippen LogP contribution in [0.15, 0.2) is 24.3 Å². The Morgan fingerprint density at radius 2 is 2.20 bits per heavy atom. The maximum atomic E-state index is 9.60. The summed E-state index contributed by atoms with van der Waals surface area (Å²) in [5.74, 6) is 0.722. The van der Waals surface area contributed by atoms with E-state index in [2.05, 4.69) is 0 Å². The van der Waals surface area contributed by atoms with E-state index in [-0.39, 0.29) is 12.5 Å². The minimum atomic E-state index is -0.731. The molecule has 0 saturated carbocycles. The van der Waals surface area contributed by atoms with Crippen LogP contribution < -0.4 is 4.74 Å². The molecule has 0 aliphatic carbocycles. The first-order valence-electron chi connectivity index (χ1n) is 4.95. The molecular weight excluding hydrogens is 190 g/mol. The molecule has 0 amide bonds. The standard InChI is InChI=1S/C12H15NO2/c1-9(2)15-11-5-3-4-10(8-11)12(14)6-7-13/h3-5,8-9,12,14H,6H2,1-2H3. The minimum Gasteiger partial charge on any atom is -0.491 e. The van der Waals surface area contributed by atoms with Crippen LogP contribution in [0.25, 0.3) is 0 Å². The maximum Gasteiger partial charge on any atom is 0.120 e. The normalized spacial score (nSPS) is 12.2. The number of nitrogens with zero attached hydrogens (tertiary/aromatic N) is 1. The second-order valence-electron chi connectivity index (χ2n) is 3.62. The lowest BCUT2D eigenvalue weighted by molar-refractivity contribution is 0.182. The monoisotopic (exact) mass is 205 g/mol. The third-order valence-electron chi connectivity index (χ3n) is 1.90. The molecular formula is C12H15NO2. The summed E-state index contributed by atoms with van der Waals surface area (Å²) in [6, 6.07) is 9.14. The zero-order valence-corrected chi connectivity index (χ0v) is 8.97. The van der Waals surface area contributed by atoms with Crippen LogP contribution in [0, 0.1) is 11.3 Å². The number of aliphatic hydroxyl groups is 1. The van der Waals surface area contributed by atoms with Crippen LogP contribution in [0.2, 0.25) is 0 Å². The van der Waals surface area contributed by atoms with Gasteiger partial charge < -0.3 is 9.84 Å². The lowest BCUT2D eigenvalue weighted by Gasteiger charge is -2.12. The summed E-state index contributed by atoms with van der Waals surface area (Å²) in [7, 11) is 0. The molecule has 1 atom stereocenters. The Kier molecular flexibility index (Phi) is 4.14. The van der Waals surface area contributed by atoms with Crippen LogP contribution >= 0.6 is 0 Å². The fourth-order valence-corrected chi connectivity index (χ4v) is 1.27. The maximum absolute atomic E-state index is 9.60. The van der Waals surface area contributed by atoms with Gasteiger partial charge in [-0.25, -0.2) is 0 Å². The molecule has 0 bridgehead atoms. The highest BCUT2D eigenvalue weighted by Crippen LogP contribution is 2.21. The molecule has 15 heavy (non-hydrogen) atoms. The molecule has 0 saturated heterocycles. The Labute approximate surface area is 89.9 Å². The van der Waals surface area contributed by atoms with Gasteiger partial charge in [-0.05, 0) is 31.5 Å². The van der Waals surface area contributed by atoms with Crippen molar-refractivity contribution in [3.05, 3.63) is 29.8 Å². The van der Waals surface area contributed by atoms with Gasteiger partial charge in [-0.3, -0.25) is 0 Å². The molecule has 80 valence electrons. The Hall–Kier alpha value is -1.53. The highest BCUT2D eigenvalue weighted by molar-refractivity contribution is 5.30. The van der Waals surface area contributed by atoms with Gasteiger partial charge in [-0.15, -0.1) is 0 Å². The molecule has 0 spiro atoms. The van der Waals surface area contributed by atoms with Crippen molar-refractivity contribution in [2.75, 3.05) is 0 Å². The molecule has 0 aliphatic heterocycles. The van der Waals surface area contributed by atoms with E-state index < -0.39 is 6.10 Å². The van der Waals surface area contributed by atoms with E-state index in [9.17, 15) is 5.11 Å². The Balaban J connectivity index is 2.78. The van der Waals surface area contributed by atoms with Crippen LogP contribution in [0.1, 0.15) is 31.9 Å². The highest BCUT2D eigenvalue weighted by atomic mass is 16.5. The number of benzene rings is 1. The summed E-state index contributed by atoms with van der Waals surface area (Å²) < 4.78 is 5.49. The van der Waals surface area contributed by atoms with E-state index in [1.165, 1.54) is 0 Å². The molecule has 0 aromatic heterocycles. The van der Waals surface area contributed by atoms with Crippen LogP contribution in [0.3, 0.4) is 0 Å². The van der Waals surface area contributed by atoms with Crippen LogP contribution in [-0.4, -0.2) is 11.2 Å². The summed E-state index contributed by atoms with van der Waals surface area (Å²) in [4.78, 5) is 0. The van der Waals surface area contributed by atoms with Crippen molar-refractivity contribution >= 4 is 0 Å². The van der Waals surface area contributed by atoms with E-state index >= 15 is 0 Å². The number of hydrogen-bond donors (Lipinski definition) is 1. The van der Waals surface area contributed by atoms with Gasteiger partial charge in [0.15, 0.2) is 0 Å². The average Bonchev–Trinajstić information content (AvgIpc) is 2.17. The molecule has 0 aliphatic rings. The van der Waals surface area contributed by atoms with Crippen LogP contribution in [-0.2, 0) is 0 Å².